The van der Waals surface area contributed by atoms with Crippen molar-refractivity contribution in [3.63, 3.8) is 0 Å². The van der Waals surface area contributed by atoms with Crippen molar-refractivity contribution < 1.29 is 0 Å². The van der Waals surface area contributed by atoms with E-state index in [1.54, 1.807) is 0 Å². The summed E-state index contributed by atoms with van der Waals surface area (Å²) in [5, 5.41) is 3.06. The summed E-state index contributed by atoms with van der Waals surface area (Å²) < 4.78 is 0. The zero-order chi connectivity index (χ0) is 13.1. The minimum Gasteiger partial charge on any atom is -0.368 e. The van der Waals surface area contributed by atoms with Gasteiger partial charge in [0.15, 0.2) is 0 Å². The van der Waals surface area contributed by atoms with Gasteiger partial charge in [-0.05, 0) is 23.6 Å². The molecular formula is C12H15N5S. The van der Waals surface area contributed by atoms with E-state index in [9.17, 15) is 0 Å². The second-order valence-electron chi connectivity index (χ2n) is 4.22. The maximum atomic E-state index is 5.49. The van der Waals surface area contributed by atoms with E-state index < -0.39 is 0 Å². The van der Waals surface area contributed by atoms with Gasteiger partial charge in [-0.25, -0.2) is 9.97 Å². The highest BCUT2D eigenvalue weighted by atomic mass is 32.1. The fourth-order valence-electron chi connectivity index (χ4n) is 1.50. The third-order valence-corrected chi connectivity index (χ3v) is 2.90. The van der Waals surface area contributed by atoms with Crippen LogP contribution in [0, 0.1) is 0 Å². The van der Waals surface area contributed by atoms with E-state index in [0.717, 1.165) is 10.6 Å². The lowest BCUT2D eigenvalue weighted by Crippen LogP contribution is -2.02. The van der Waals surface area contributed by atoms with Gasteiger partial charge >= 0.3 is 0 Å². The molecule has 0 radical (unpaired) electrons. The molecule has 3 N–H and O–H groups in total. The van der Waals surface area contributed by atoms with E-state index in [4.69, 9.17) is 5.73 Å². The Morgan fingerprint density at radius 2 is 2.06 bits per heavy atom. The molecule has 2 aromatic rings. The predicted octanol–water partition coefficient (Wildman–Crippen LogP) is 2.61. The molecule has 5 nitrogen and oxygen atoms in total. The maximum absolute atomic E-state index is 5.49. The van der Waals surface area contributed by atoms with E-state index in [2.05, 4.69) is 52.8 Å². The molecule has 0 atom stereocenters. The van der Waals surface area contributed by atoms with Crippen LogP contribution in [0.4, 0.5) is 17.6 Å². The Balaban J connectivity index is 2.24. The molecule has 0 aliphatic heterocycles. The number of benzene rings is 1. The number of nitrogens with two attached hydrogens (primary N) is 1. The Morgan fingerprint density at radius 3 is 2.67 bits per heavy atom. The van der Waals surface area contributed by atoms with Crippen molar-refractivity contribution in [3.05, 3.63) is 30.1 Å². The van der Waals surface area contributed by atoms with Gasteiger partial charge in [0.25, 0.3) is 0 Å². The number of nitrogens with one attached hydrogen (secondary N) is 1. The van der Waals surface area contributed by atoms with Gasteiger partial charge < -0.3 is 11.1 Å². The van der Waals surface area contributed by atoms with Crippen molar-refractivity contribution in [1.82, 2.24) is 15.0 Å². The molecule has 1 heterocycles. The lowest BCUT2D eigenvalue weighted by Gasteiger charge is -2.11. The normalized spacial score (nSPS) is 10.7. The van der Waals surface area contributed by atoms with Gasteiger partial charge in [0, 0.05) is 4.90 Å². The summed E-state index contributed by atoms with van der Waals surface area (Å²) in [6.45, 7) is 4.28. The second kappa shape index (κ2) is 5.22. The highest BCUT2D eigenvalue weighted by molar-refractivity contribution is 7.80. The fourth-order valence-corrected chi connectivity index (χ4v) is 1.78. The quantitative estimate of drug-likeness (QED) is 0.740. The van der Waals surface area contributed by atoms with E-state index in [1.807, 2.05) is 12.1 Å². The Hall–Kier alpha value is -1.82. The summed E-state index contributed by atoms with van der Waals surface area (Å²) in [6.07, 6.45) is 1.37. The van der Waals surface area contributed by atoms with Gasteiger partial charge in [-0.15, -0.1) is 12.6 Å². The molecule has 0 saturated heterocycles. The van der Waals surface area contributed by atoms with Gasteiger partial charge in [0.05, 0.1) is 5.69 Å². The average Bonchev–Trinajstić information content (AvgIpc) is 2.31. The zero-order valence-electron chi connectivity index (χ0n) is 10.3. The van der Waals surface area contributed by atoms with Gasteiger partial charge in [-0.1, -0.05) is 19.9 Å². The molecule has 18 heavy (non-hydrogen) atoms. The molecule has 0 aliphatic rings. The number of hydrogen-bond acceptors (Lipinski definition) is 6. The summed E-state index contributed by atoms with van der Waals surface area (Å²) in [5.41, 5.74) is 7.57. The first kappa shape index (κ1) is 12.6. The molecule has 2 rings (SSSR count). The minimum atomic E-state index is 0.187. The summed E-state index contributed by atoms with van der Waals surface area (Å²) >= 11 is 4.45. The first-order chi connectivity index (χ1) is 8.56. The summed E-state index contributed by atoms with van der Waals surface area (Å²) in [7, 11) is 0. The van der Waals surface area contributed by atoms with Crippen LogP contribution in [0.25, 0.3) is 0 Å². The molecule has 0 unspecified atom stereocenters. The van der Waals surface area contributed by atoms with Gasteiger partial charge in [0.1, 0.15) is 6.33 Å². The molecule has 94 valence electrons. The van der Waals surface area contributed by atoms with Crippen LogP contribution < -0.4 is 11.1 Å². The summed E-state index contributed by atoms with van der Waals surface area (Å²) in [6, 6.07) is 6.04. The topological polar surface area (TPSA) is 76.7 Å². The lowest BCUT2D eigenvalue weighted by atomic mass is 10.0. The van der Waals surface area contributed by atoms with E-state index >= 15 is 0 Å². The number of nitrogen functional groups attached to an aromatic ring is 1. The first-order valence-corrected chi connectivity index (χ1v) is 6.05. The molecular weight excluding hydrogens is 246 g/mol. The Kier molecular flexibility index (Phi) is 3.66. The Labute approximate surface area is 111 Å². The monoisotopic (exact) mass is 261 g/mol. The fraction of sp³-hybridized carbons (Fsp3) is 0.250. The molecule has 1 aromatic heterocycles. The molecule has 1 aromatic carbocycles. The number of anilines is 3. The van der Waals surface area contributed by atoms with Crippen molar-refractivity contribution in [2.24, 2.45) is 0 Å². The summed E-state index contributed by atoms with van der Waals surface area (Å²) in [5.74, 6) is 1.07. The van der Waals surface area contributed by atoms with Gasteiger partial charge in [-0.3, -0.25) is 0 Å². The van der Waals surface area contributed by atoms with Crippen LogP contribution in [0.3, 0.4) is 0 Å². The zero-order valence-corrected chi connectivity index (χ0v) is 11.1. The number of aromatic nitrogens is 3. The third-order valence-electron chi connectivity index (χ3n) is 2.53. The number of nitrogens with zero attached hydrogens (tertiary/aromatic N) is 3. The van der Waals surface area contributed by atoms with Crippen molar-refractivity contribution in [2.75, 3.05) is 11.1 Å². The largest absolute Gasteiger partial charge is 0.368 e. The van der Waals surface area contributed by atoms with Crippen molar-refractivity contribution in [1.29, 1.82) is 0 Å². The van der Waals surface area contributed by atoms with E-state index in [1.165, 1.54) is 11.9 Å². The smallest absolute Gasteiger partial charge is 0.232 e. The summed E-state index contributed by atoms with van der Waals surface area (Å²) in [4.78, 5) is 12.5. The average molecular weight is 261 g/mol. The highest BCUT2D eigenvalue weighted by Gasteiger charge is 2.05. The first-order valence-electron chi connectivity index (χ1n) is 5.60. The molecule has 0 spiro atoms. The van der Waals surface area contributed by atoms with Crippen LogP contribution in [0.1, 0.15) is 25.3 Å². The minimum absolute atomic E-state index is 0.187. The van der Waals surface area contributed by atoms with Gasteiger partial charge in [-0.2, -0.15) is 4.98 Å². The maximum Gasteiger partial charge on any atom is 0.232 e. The molecule has 0 aliphatic carbocycles. The van der Waals surface area contributed by atoms with Crippen LogP contribution >= 0.6 is 12.6 Å². The molecule has 6 heteroatoms. The van der Waals surface area contributed by atoms with E-state index in [-0.39, 0.29) is 5.95 Å². The number of hydrogen-bond donors (Lipinski definition) is 3. The van der Waals surface area contributed by atoms with Gasteiger partial charge in [0.2, 0.25) is 11.9 Å². The molecule has 0 bridgehead atoms. The second-order valence-corrected chi connectivity index (χ2v) is 4.71. The Morgan fingerprint density at radius 1 is 1.28 bits per heavy atom. The SMILES string of the molecule is CC(C)c1ccc(Nc2ncnc(N)n2)c(S)c1. The molecule has 0 saturated carbocycles. The predicted molar refractivity (Wildman–Crippen MR) is 75.3 cm³/mol. The van der Waals surface area contributed by atoms with Crippen LogP contribution in [0.15, 0.2) is 29.4 Å². The van der Waals surface area contributed by atoms with Crippen LogP contribution in [0.5, 0.6) is 0 Å². The third kappa shape index (κ3) is 2.89. The lowest BCUT2D eigenvalue weighted by molar-refractivity contribution is 0.862. The van der Waals surface area contributed by atoms with E-state index in [0.29, 0.717) is 11.9 Å². The standard InChI is InChI=1S/C12H15N5S/c1-7(2)8-3-4-9(10(18)5-8)16-12-15-6-14-11(13)17-12/h3-7,18H,1-2H3,(H3,13,14,15,16,17). The van der Waals surface area contributed by atoms with Crippen molar-refractivity contribution in [3.8, 4) is 0 Å². The van der Waals surface area contributed by atoms with Crippen molar-refractivity contribution in [2.45, 2.75) is 24.7 Å². The van der Waals surface area contributed by atoms with Crippen LogP contribution in [-0.4, -0.2) is 15.0 Å². The Bertz CT molecular complexity index is 556. The number of rotatable bonds is 3. The molecule has 0 fully saturated rings. The highest BCUT2D eigenvalue weighted by Crippen LogP contribution is 2.26. The van der Waals surface area contributed by atoms with Crippen LogP contribution in [-0.2, 0) is 0 Å². The molecule has 0 amide bonds. The van der Waals surface area contributed by atoms with Crippen molar-refractivity contribution >= 4 is 30.2 Å². The van der Waals surface area contributed by atoms with Crippen LogP contribution in [0.2, 0.25) is 0 Å². The number of thiol groups is 1.